The van der Waals surface area contributed by atoms with E-state index in [1.807, 2.05) is 0 Å². The molecular weight excluding hydrogens is 310 g/mol. The molecular formula is C18H22BrN. The molecule has 0 amide bonds. The molecule has 1 nitrogen and oxygen atoms in total. The van der Waals surface area contributed by atoms with Crippen molar-refractivity contribution in [1.82, 2.24) is 5.32 Å². The lowest BCUT2D eigenvalue weighted by Gasteiger charge is -2.21. The summed E-state index contributed by atoms with van der Waals surface area (Å²) >= 11 is 3.57. The van der Waals surface area contributed by atoms with E-state index in [1.54, 1.807) is 0 Å². The molecule has 0 radical (unpaired) electrons. The number of benzene rings is 2. The summed E-state index contributed by atoms with van der Waals surface area (Å²) in [5.41, 5.74) is 5.33. The molecule has 2 aromatic rings. The van der Waals surface area contributed by atoms with Gasteiger partial charge in [0.05, 0.1) is 6.04 Å². The van der Waals surface area contributed by atoms with Crippen LogP contribution in [-0.2, 0) is 0 Å². The summed E-state index contributed by atoms with van der Waals surface area (Å²) in [6.45, 7) is 7.55. The Hall–Kier alpha value is -1.12. The van der Waals surface area contributed by atoms with E-state index >= 15 is 0 Å². The van der Waals surface area contributed by atoms with E-state index in [4.69, 9.17) is 0 Å². The standard InChI is InChI=1S/C18H22BrN/c1-4-10-20-18(15-6-5-7-17(19)12-15)16-9-8-13(2)14(3)11-16/h5-9,11-12,18,20H,4,10H2,1-3H3. The van der Waals surface area contributed by atoms with Gasteiger partial charge in [-0.25, -0.2) is 0 Å². The molecule has 1 unspecified atom stereocenters. The number of hydrogen-bond donors (Lipinski definition) is 1. The average molecular weight is 332 g/mol. The van der Waals surface area contributed by atoms with Crippen LogP contribution in [0.2, 0.25) is 0 Å². The Morgan fingerprint density at radius 2 is 1.75 bits per heavy atom. The first-order chi connectivity index (χ1) is 9.61. The van der Waals surface area contributed by atoms with Gasteiger partial charge in [0.25, 0.3) is 0 Å². The maximum Gasteiger partial charge on any atom is 0.0577 e. The van der Waals surface area contributed by atoms with Crippen molar-refractivity contribution in [2.24, 2.45) is 0 Å². The predicted octanol–water partition coefficient (Wildman–Crippen LogP) is 5.15. The number of nitrogens with one attached hydrogen (secondary N) is 1. The van der Waals surface area contributed by atoms with Gasteiger partial charge >= 0.3 is 0 Å². The Kier molecular flexibility index (Phi) is 5.38. The fourth-order valence-electron chi connectivity index (χ4n) is 2.35. The summed E-state index contributed by atoms with van der Waals surface area (Å²) in [4.78, 5) is 0. The van der Waals surface area contributed by atoms with Crippen molar-refractivity contribution in [3.63, 3.8) is 0 Å². The van der Waals surface area contributed by atoms with E-state index in [2.05, 4.69) is 84.5 Å². The molecule has 0 fully saturated rings. The molecule has 1 N–H and O–H groups in total. The number of hydrogen-bond acceptors (Lipinski definition) is 1. The van der Waals surface area contributed by atoms with E-state index in [0.29, 0.717) is 0 Å². The van der Waals surface area contributed by atoms with Crippen molar-refractivity contribution >= 4 is 15.9 Å². The Labute approximate surface area is 130 Å². The lowest BCUT2D eigenvalue weighted by atomic mass is 9.95. The molecule has 0 spiro atoms. The Bertz CT molecular complexity index is 577. The highest BCUT2D eigenvalue weighted by Crippen LogP contribution is 2.26. The van der Waals surface area contributed by atoms with Gasteiger partial charge in [-0.15, -0.1) is 0 Å². The maximum absolute atomic E-state index is 3.66. The van der Waals surface area contributed by atoms with Gasteiger partial charge in [-0.1, -0.05) is 53.2 Å². The van der Waals surface area contributed by atoms with Crippen LogP contribution in [0.25, 0.3) is 0 Å². The zero-order valence-electron chi connectivity index (χ0n) is 12.4. The lowest BCUT2D eigenvalue weighted by molar-refractivity contribution is 0.598. The molecule has 1 atom stereocenters. The van der Waals surface area contributed by atoms with Crippen LogP contribution in [-0.4, -0.2) is 6.54 Å². The van der Waals surface area contributed by atoms with Gasteiger partial charge in [-0.2, -0.15) is 0 Å². The summed E-state index contributed by atoms with van der Waals surface area (Å²) in [6.07, 6.45) is 1.13. The molecule has 0 aliphatic rings. The first kappa shape index (κ1) is 15.3. The highest BCUT2D eigenvalue weighted by atomic mass is 79.9. The first-order valence-electron chi connectivity index (χ1n) is 7.18. The van der Waals surface area contributed by atoms with E-state index < -0.39 is 0 Å². The lowest BCUT2D eigenvalue weighted by Crippen LogP contribution is -2.23. The molecule has 0 saturated carbocycles. The Balaban J connectivity index is 2.38. The van der Waals surface area contributed by atoms with Gasteiger partial charge in [0, 0.05) is 4.47 Å². The SMILES string of the molecule is CCCNC(c1cccc(Br)c1)c1ccc(C)c(C)c1. The molecule has 0 saturated heterocycles. The van der Waals surface area contributed by atoms with Crippen LogP contribution in [0.4, 0.5) is 0 Å². The van der Waals surface area contributed by atoms with Gasteiger partial charge in [-0.3, -0.25) is 0 Å². The van der Waals surface area contributed by atoms with Gasteiger partial charge in [-0.05, 0) is 61.2 Å². The minimum atomic E-state index is 0.256. The summed E-state index contributed by atoms with van der Waals surface area (Å²) in [5.74, 6) is 0. The average Bonchev–Trinajstić information content (AvgIpc) is 2.43. The fourth-order valence-corrected chi connectivity index (χ4v) is 2.76. The number of aryl methyl sites for hydroxylation is 2. The smallest absolute Gasteiger partial charge is 0.0577 e. The zero-order valence-corrected chi connectivity index (χ0v) is 14.0. The number of halogens is 1. The second-order valence-electron chi connectivity index (χ2n) is 5.29. The van der Waals surface area contributed by atoms with Crippen molar-refractivity contribution in [2.45, 2.75) is 33.2 Å². The molecule has 0 aliphatic heterocycles. The van der Waals surface area contributed by atoms with E-state index in [0.717, 1.165) is 17.4 Å². The van der Waals surface area contributed by atoms with E-state index in [9.17, 15) is 0 Å². The zero-order chi connectivity index (χ0) is 14.5. The molecule has 20 heavy (non-hydrogen) atoms. The van der Waals surface area contributed by atoms with Crippen LogP contribution >= 0.6 is 15.9 Å². The second-order valence-corrected chi connectivity index (χ2v) is 6.20. The maximum atomic E-state index is 3.66. The number of rotatable bonds is 5. The molecule has 2 heteroatoms. The Morgan fingerprint density at radius 1 is 1.00 bits per heavy atom. The van der Waals surface area contributed by atoms with Crippen molar-refractivity contribution in [1.29, 1.82) is 0 Å². The van der Waals surface area contributed by atoms with Crippen molar-refractivity contribution < 1.29 is 0 Å². The summed E-state index contributed by atoms with van der Waals surface area (Å²) < 4.78 is 1.13. The third kappa shape index (κ3) is 3.71. The van der Waals surface area contributed by atoms with Crippen LogP contribution in [0.15, 0.2) is 46.9 Å². The third-order valence-corrected chi connectivity index (χ3v) is 4.14. The topological polar surface area (TPSA) is 12.0 Å². The highest BCUT2D eigenvalue weighted by Gasteiger charge is 2.14. The first-order valence-corrected chi connectivity index (χ1v) is 7.97. The quantitative estimate of drug-likeness (QED) is 0.798. The third-order valence-electron chi connectivity index (χ3n) is 3.64. The van der Waals surface area contributed by atoms with Crippen LogP contribution in [0.3, 0.4) is 0 Å². The predicted molar refractivity (Wildman–Crippen MR) is 90.2 cm³/mol. The highest BCUT2D eigenvalue weighted by molar-refractivity contribution is 9.10. The summed E-state index contributed by atoms with van der Waals surface area (Å²) in [5, 5.41) is 3.66. The molecule has 2 rings (SSSR count). The van der Waals surface area contributed by atoms with Gasteiger partial charge in [0.15, 0.2) is 0 Å². The van der Waals surface area contributed by atoms with Crippen molar-refractivity contribution in [2.75, 3.05) is 6.54 Å². The van der Waals surface area contributed by atoms with Crippen LogP contribution in [0, 0.1) is 13.8 Å². The van der Waals surface area contributed by atoms with Gasteiger partial charge in [0.1, 0.15) is 0 Å². The minimum Gasteiger partial charge on any atom is -0.306 e. The van der Waals surface area contributed by atoms with Crippen LogP contribution in [0.1, 0.15) is 41.6 Å². The summed E-state index contributed by atoms with van der Waals surface area (Å²) in [6, 6.07) is 15.5. The van der Waals surface area contributed by atoms with Crippen LogP contribution in [0.5, 0.6) is 0 Å². The monoisotopic (exact) mass is 331 g/mol. The summed E-state index contributed by atoms with van der Waals surface area (Å²) in [7, 11) is 0. The van der Waals surface area contributed by atoms with Crippen LogP contribution < -0.4 is 5.32 Å². The van der Waals surface area contributed by atoms with Gasteiger partial charge in [0.2, 0.25) is 0 Å². The van der Waals surface area contributed by atoms with Crippen molar-refractivity contribution in [3.05, 3.63) is 69.2 Å². The second kappa shape index (κ2) is 7.05. The Morgan fingerprint density at radius 3 is 2.40 bits per heavy atom. The largest absolute Gasteiger partial charge is 0.306 e. The van der Waals surface area contributed by atoms with Gasteiger partial charge < -0.3 is 5.32 Å². The normalized spacial score (nSPS) is 12.4. The molecule has 106 valence electrons. The van der Waals surface area contributed by atoms with E-state index in [1.165, 1.54) is 22.3 Å². The minimum absolute atomic E-state index is 0.256. The fraction of sp³-hybridized carbons (Fsp3) is 0.333. The molecule has 0 aliphatic carbocycles. The molecule has 2 aromatic carbocycles. The molecule has 0 aromatic heterocycles. The molecule has 0 bridgehead atoms. The molecule has 0 heterocycles. The van der Waals surface area contributed by atoms with E-state index in [-0.39, 0.29) is 6.04 Å². The van der Waals surface area contributed by atoms with Crippen molar-refractivity contribution in [3.8, 4) is 0 Å².